The van der Waals surface area contributed by atoms with Crippen molar-refractivity contribution in [2.24, 2.45) is 0 Å². The molecule has 0 saturated heterocycles. The van der Waals surface area contributed by atoms with Gasteiger partial charge >= 0.3 is 0 Å². The maximum absolute atomic E-state index is 13.1. The van der Waals surface area contributed by atoms with Crippen LogP contribution in [0.15, 0.2) is 78.9 Å². The van der Waals surface area contributed by atoms with E-state index in [0.29, 0.717) is 24.7 Å². The van der Waals surface area contributed by atoms with Crippen LogP contribution >= 0.6 is 0 Å². The lowest BCUT2D eigenvalue weighted by atomic mass is 10.2. The van der Waals surface area contributed by atoms with Crippen LogP contribution in [0.2, 0.25) is 0 Å². The molecule has 2 nitrogen and oxygen atoms in total. The van der Waals surface area contributed by atoms with Crippen molar-refractivity contribution in [3.8, 4) is 11.5 Å². The average Bonchev–Trinajstić information content (AvgIpc) is 2.66. The zero-order chi connectivity index (χ0) is 17.5. The molecule has 0 aromatic heterocycles. The van der Waals surface area contributed by atoms with Crippen LogP contribution in [0, 0.1) is 0 Å². The Balaban J connectivity index is 1.72. The molecule has 3 aromatic carbocycles. The third-order valence-electron chi connectivity index (χ3n) is 3.65. The van der Waals surface area contributed by atoms with E-state index in [9.17, 15) is 8.78 Å². The standard InChI is InChI=1S/C21H18F2O2/c22-21(23)18-11-19(24-14-16-7-3-1-4-8-16)13-20(12-18)25-15-17-9-5-2-6-10-17/h1-13,21H,14-15H2. The Kier molecular flexibility index (Phi) is 5.62. The zero-order valence-electron chi connectivity index (χ0n) is 13.6. The number of halogens is 2. The fourth-order valence-electron chi connectivity index (χ4n) is 2.37. The molecule has 4 heteroatoms. The lowest BCUT2D eigenvalue weighted by Gasteiger charge is -2.12. The minimum absolute atomic E-state index is 0.117. The number of ether oxygens (including phenoxy) is 2. The van der Waals surface area contributed by atoms with Crippen molar-refractivity contribution in [2.75, 3.05) is 0 Å². The van der Waals surface area contributed by atoms with E-state index >= 15 is 0 Å². The maximum atomic E-state index is 13.1. The van der Waals surface area contributed by atoms with Gasteiger partial charge in [-0.25, -0.2) is 8.78 Å². The second-order valence-electron chi connectivity index (χ2n) is 5.59. The van der Waals surface area contributed by atoms with E-state index in [4.69, 9.17) is 9.47 Å². The molecule has 0 radical (unpaired) electrons. The number of rotatable bonds is 7. The average molecular weight is 340 g/mol. The lowest BCUT2D eigenvalue weighted by molar-refractivity contribution is 0.150. The second-order valence-corrected chi connectivity index (χ2v) is 5.59. The Morgan fingerprint density at radius 2 is 1.08 bits per heavy atom. The molecular weight excluding hydrogens is 322 g/mol. The Morgan fingerprint density at radius 1 is 0.640 bits per heavy atom. The number of hydrogen-bond acceptors (Lipinski definition) is 2. The molecule has 25 heavy (non-hydrogen) atoms. The van der Waals surface area contributed by atoms with Crippen LogP contribution in [-0.2, 0) is 13.2 Å². The van der Waals surface area contributed by atoms with Gasteiger partial charge in [-0.15, -0.1) is 0 Å². The van der Waals surface area contributed by atoms with Gasteiger partial charge in [-0.3, -0.25) is 0 Å². The summed E-state index contributed by atoms with van der Waals surface area (Å²) in [5.41, 5.74) is 1.82. The molecule has 0 unspecified atom stereocenters. The zero-order valence-corrected chi connectivity index (χ0v) is 13.6. The van der Waals surface area contributed by atoms with Crippen LogP contribution in [0.3, 0.4) is 0 Å². The number of alkyl halides is 2. The van der Waals surface area contributed by atoms with Gasteiger partial charge < -0.3 is 9.47 Å². The first-order valence-electron chi connectivity index (χ1n) is 7.97. The lowest BCUT2D eigenvalue weighted by Crippen LogP contribution is -1.99. The van der Waals surface area contributed by atoms with Crippen LogP contribution in [-0.4, -0.2) is 0 Å². The summed E-state index contributed by atoms with van der Waals surface area (Å²) in [5, 5.41) is 0. The topological polar surface area (TPSA) is 18.5 Å². The summed E-state index contributed by atoms with van der Waals surface area (Å²) in [6.45, 7) is 0.622. The molecule has 0 bridgehead atoms. The Hall–Kier alpha value is -2.88. The Bertz CT molecular complexity index is 728. The van der Waals surface area contributed by atoms with Crippen molar-refractivity contribution in [3.05, 3.63) is 95.6 Å². The summed E-state index contributed by atoms with van der Waals surface area (Å²) >= 11 is 0. The van der Waals surface area contributed by atoms with Crippen LogP contribution < -0.4 is 9.47 Å². The summed E-state index contributed by atoms with van der Waals surface area (Å²) in [4.78, 5) is 0. The third kappa shape index (κ3) is 5.05. The number of hydrogen-bond donors (Lipinski definition) is 0. The summed E-state index contributed by atoms with van der Waals surface area (Å²) in [6, 6.07) is 23.5. The minimum Gasteiger partial charge on any atom is -0.489 e. The van der Waals surface area contributed by atoms with Crippen molar-refractivity contribution < 1.29 is 18.3 Å². The van der Waals surface area contributed by atoms with Crippen molar-refractivity contribution in [2.45, 2.75) is 19.6 Å². The largest absolute Gasteiger partial charge is 0.489 e. The molecule has 0 aliphatic heterocycles. The van der Waals surface area contributed by atoms with Gasteiger partial charge in [-0.1, -0.05) is 60.7 Å². The van der Waals surface area contributed by atoms with E-state index in [1.165, 1.54) is 12.1 Å². The van der Waals surface area contributed by atoms with Gasteiger partial charge in [0.1, 0.15) is 24.7 Å². The van der Waals surface area contributed by atoms with Gasteiger partial charge in [0, 0.05) is 11.6 Å². The molecule has 0 amide bonds. The summed E-state index contributed by atoms with van der Waals surface area (Å²) in [6.07, 6.45) is -2.58. The van der Waals surface area contributed by atoms with Gasteiger partial charge in [0.15, 0.2) is 0 Å². The quantitative estimate of drug-likeness (QED) is 0.542. The minimum atomic E-state index is -2.58. The van der Waals surface area contributed by atoms with E-state index in [1.807, 2.05) is 60.7 Å². The fraction of sp³-hybridized carbons (Fsp3) is 0.143. The fourth-order valence-corrected chi connectivity index (χ4v) is 2.37. The van der Waals surface area contributed by atoms with E-state index in [0.717, 1.165) is 11.1 Å². The van der Waals surface area contributed by atoms with Crippen LogP contribution in [0.5, 0.6) is 11.5 Å². The molecule has 0 spiro atoms. The highest BCUT2D eigenvalue weighted by molar-refractivity contribution is 5.39. The van der Waals surface area contributed by atoms with Gasteiger partial charge in [-0.05, 0) is 23.3 Å². The molecule has 0 aliphatic rings. The van der Waals surface area contributed by atoms with E-state index in [2.05, 4.69) is 0 Å². The normalized spacial score (nSPS) is 10.7. The van der Waals surface area contributed by atoms with E-state index in [-0.39, 0.29) is 5.56 Å². The molecular formula is C21H18F2O2. The molecule has 0 saturated carbocycles. The van der Waals surface area contributed by atoms with Gasteiger partial charge in [0.05, 0.1) is 0 Å². The van der Waals surface area contributed by atoms with E-state index < -0.39 is 6.43 Å². The van der Waals surface area contributed by atoms with Gasteiger partial charge in [0.25, 0.3) is 6.43 Å². The van der Waals surface area contributed by atoms with Crippen molar-refractivity contribution in [1.82, 2.24) is 0 Å². The molecule has 128 valence electrons. The van der Waals surface area contributed by atoms with Crippen molar-refractivity contribution >= 4 is 0 Å². The molecule has 3 rings (SSSR count). The van der Waals surface area contributed by atoms with E-state index in [1.54, 1.807) is 6.07 Å². The summed E-state index contributed by atoms with van der Waals surface area (Å²) in [5.74, 6) is 0.731. The highest BCUT2D eigenvalue weighted by atomic mass is 19.3. The smallest absolute Gasteiger partial charge is 0.264 e. The predicted molar refractivity (Wildman–Crippen MR) is 92.9 cm³/mol. The van der Waals surface area contributed by atoms with Crippen LogP contribution in [0.25, 0.3) is 0 Å². The van der Waals surface area contributed by atoms with Crippen LogP contribution in [0.4, 0.5) is 8.78 Å². The summed E-state index contributed by atoms with van der Waals surface area (Å²) < 4.78 is 37.6. The molecule has 0 N–H and O–H groups in total. The first kappa shape index (κ1) is 17.0. The van der Waals surface area contributed by atoms with Gasteiger partial charge in [-0.2, -0.15) is 0 Å². The van der Waals surface area contributed by atoms with Crippen molar-refractivity contribution in [1.29, 1.82) is 0 Å². The van der Waals surface area contributed by atoms with Crippen LogP contribution in [0.1, 0.15) is 23.1 Å². The molecule has 0 aliphatic carbocycles. The SMILES string of the molecule is FC(F)c1cc(OCc2ccccc2)cc(OCc2ccccc2)c1. The molecule has 0 fully saturated rings. The first-order valence-corrected chi connectivity index (χ1v) is 7.97. The predicted octanol–water partition coefficient (Wildman–Crippen LogP) is 5.78. The monoisotopic (exact) mass is 340 g/mol. The maximum Gasteiger partial charge on any atom is 0.264 e. The molecule has 0 atom stereocenters. The van der Waals surface area contributed by atoms with Crippen molar-refractivity contribution in [3.63, 3.8) is 0 Å². The Labute approximate surface area is 145 Å². The molecule has 3 aromatic rings. The highest BCUT2D eigenvalue weighted by Crippen LogP contribution is 2.30. The highest BCUT2D eigenvalue weighted by Gasteiger charge is 2.12. The van der Waals surface area contributed by atoms with Gasteiger partial charge in [0.2, 0.25) is 0 Å². The Morgan fingerprint density at radius 3 is 1.48 bits per heavy atom. The first-order chi connectivity index (χ1) is 12.2. The summed E-state index contributed by atoms with van der Waals surface area (Å²) in [7, 11) is 0. The third-order valence-corrected chi connectivity index (χ3v) is 3.65. The second kappa shape index (κ2) is 8.29. The molecule has 0 heterocycles. The number of benzene rings is 3.